The van der Waals surface area contributed by atoms with E-state index in [1.54, 1.807) is 12.3 Å². The minimum Gasteiger partial charge on any atom is -0.508 e. The molecule has 1 fully saturated rings. The van der Waals surface area contributed by atoms with Gasteiger partial charge in [-0.15, -0.1) is 0 Å². The second-order valence-electron chi connectivity index (χ2n) is 5.69. The van der Waals surface area contributed by atoms with Gasteiger partial charge < -0.3 is 15.5 Å². The van der Waals surface area contributed by atoms with E-state index in [0.717, 1.165) is 15.4 Å². The van der Waals surface area contributed by atoms with Crippen LogP contribution >= 0.6 is 27.7 Å². The van der Waals surface area contributed by atoms with Gasteiger partial charge in [-0.05, 0) is 48.2 Å². The van der Waals surface area contributed by atoms with Crippen LogP contribution in [-0.2, 0) is 4.79 Å². The number of benzene rings is 2. The zero-order valence-corrected chi connectivity index (χ0v) is 16.1. The molecule has 1 aromatic heterocycles. The number of amides is 1. The van der Waals surface area contributed by atoms with Crippen molar-refractivity contribution in [1.82, 2.24) is 10.3 Å². The molecule has 0 bridgehead atoms. The number of fused-ring (bicyclic) bond motifs is 1. The van der Waals surface area contributed by atoms with E-state index in [1.807, 2.05) is 24.3 Å². The van der Waals surface area contributed by atoms with Crippen molar-refractivity contribution in [2.75, 3.05) is 0 Å². The Morgan fingerprint density at radius 1 is 1.19 bits per heavy atom. The van der Waals surface area contributed by atoms with Crippen molar-refractivity contribution in [2.45, 2.75) is 0 Å². The highest BCUT2D eigenvalue weighted by molar-refractivity contribution is 9.10. The molecule has 2 heterocycles. The Labute approximate surface area is 166 Å². The van der Waals surface area contributed by atoms with E-state index in [2.05, 4.69) is 31.2 Å². The van der Waals surface area contributed by atoms with E-state index < -0.39 is 0 Å². The minimum atomic E-state index is -0.305. The zero-order chi connectivity index (χ0) is 19.0. The number of hydrogen-bond donors (Lipinski definition) is 3. The Hall–Kier alpha value is -2.84. The molecule has 1 aliphatic rings. The lowest BCUT2D eigenvalue weighted by molar-refractivity contribution is -0.115. The molecule has 3 aromatic rings. The van der Waals surface area contributed by atoms with Crippen LogP contribution in [0.4, 0.5) is 5.69 Å². The number of nitrogens with zero attached hydrogens (tertiary/aromatic N) is 2. The number of hydrogen-bond acceptors (Lipinski definition) is 6. The van der Waals surface area contributed by atoms with Crippen LogP contribution in [0.25, 0.3) is 17.0 Å². The van der Waals surface area contributed by atoms with Gasteiger partial charge in [0.1, 0.15) is 11.5 Å². The number of phenolic OH excluding ortho intramolecular Hbond substituents is 2. The van der Waals surface area contributed by atoms with Crippen molar-refractivity contribution in [1.29, 1.82) is 0 Å². The third kappa shape index (κ3) is 3.54. The van der Waals surface area contributed by atoms with E-state index in [9.17, 15) is 15.0 Å². The Bertz CT molecular complexity index is 1140. The maximum atomic E-state index is 12.2. The van der Waals surface area contributed by atoms with Gasteiger partial charge in [0.2, 0.25) is 0 Å². The van der Waals surface area contributed by atoms with Crippen molar-refractivity contribution in [3.63, 3.8) is 0 Å². The second kappa shape index (κ2) is 7.05. The lowest BCUT2D eigenvalue weighted by atomic mass is 10.2. The molecule has 0 aliphatic carbocycles. The van der Waals surface area contributed by atoms with Crippen LogP contribution in [0, 0.1) is 0 Å². The predicted molar refractivity (Wildman–Crippen MR) is 110 cm³/mol. The topological polar surface area (TPSA) is 94.8 Å². The number of carbonyl (C=O) groups excluding carboxylic acids is 1. The SMILES string of the molecule is O=C1NC(=Nc2ccc(Br)c3cccnc23)S/C1=C\c1ccc(O)cc1O. The average Bonchev–Trinajstić information content (AvgIpc) is 2.99. The van der Waals surface area contributed by atoms with Gasteiger partial charge in [0.05, 0.1) is 16.1 Å². The molecule has 27 heavy (non-hydrogen) atoms. The Morgan fingerprint density at radius 2 is 2.04 bits per heavy atom. The maximum Gasteiger partial charge on any atom is 0.264 e. The molecule has 134 valence electrons. The number of nitrogens with one attached hydrogen (secondary N) is 1. The van der Waals surface area contributed by atoms with Crippen LogP contribution in [0.1, 0.15) is 5.56 Å². The molecule has 8 heteroatoms. The van der Waals surface area contributed by atoms with E-state index in [0.29, 0.717) is 21.3 Å². The number of amidine groups is 1. The monoisotopic (exact) mass is 441 g/mol. The Balaban J connectivity index is 1.69. The van der Waals surface area contributed by atoms with Gasteiger partial charge in [0.15, 0.2) is 5.17 Å². The summed E-state index contributed by atoms with van der Waals surface area (Å²) in [6.07, 6.45) is 3.24. The molecular formula is C19H12BrN3O3S. The highest BCUT2D eigenvalue weighted by Crippen LogP contribution is 2.34. The van der Waals surface area contributed by atoms with Crippen LogP contribution in [0.15, 0.2) is 63.0 Å². The Kier molecular flexibility index (Phi) is 4.59. The first-order valence-corrected chi connectivity index (χ1v) is 9.47. The lowest BCUT2D eigenvalue weighted by Gasteiger charge is -2.03. The summed E-state index contributed by atoms with van der Waals surface area (Å²) >= 11 is 4.67. The molecule has 1 aliphatic heterocycles. The molecular weight excluding hydrogens is 430 g/mol. The number of aliphatic imine (C=N–C) groups is 1. The van der Waals surface area contributed by atoms with Gasteiger partial charge in [-0.2, -0.15) is 0 Å². The van der Waals surface area contributed by atoms with E-state index in [1.165, 1.54) is 30.0 Å². The molecule has 3 N–H and O–H groups in total. The summed E-state index contributed by atoms with van der Waals surface area (Å²) in [5.74, 6) is -0.458. The quantitative estimate of drug-likeness (QED) is 0.515. The van der Waals surface area contributed by atoms with Crippen molar-refractivity contribution >= 4 is 61.4 Å². The van der Waals surface area contributed by atoms with Gasteiger partial charge in [-0.3, -0.25) is 9.78 Å². The molecule has 2 aromatic carbocycles. The van der Waals surface area contributed by atoms with Gasteiger partial charge in [-0.25, -0.2) is 4.99 Å². The van der Waals surface area contributed by atoms with Crippen molar-refractivity contribution in [3.8, 4) is 11.5 Å². The molecule has 0 spiro atoms. The molecule has 0 saturated carbocycles. The van der Waals surface area contributed by atoms with Gasteiger partial charge in [0, 0.05) is 27.7 Å². The van der Waals surface area contributed by atoms with Gasteiger partial charge in [-0.1, -0.05) is 22.0 Å². The average molecular weight is 442 g/mol. The first-order chi connectivity index (χ1) is 13.0. The summed E-state index contributed by atoms with van der Waals surface area (Å²) in [4.78, 5) is 21.5. The Morgan fingerprint density at radius 3 is 2.85 bits per heavy atom. The fraction of sp³-hybridized carbons (Fsp3) is 0. The third-order valence-corrected chi connectivity index (χ3v) is 5.47. The summed E-state index contributed by atoms with van der Waals surface area (Å²) in [6, 6.07) is 11.7. The van der Waals surface area contributed by atoms with Crippen LogP contribution < -0.4 is 5.32 Å². The molecule has 6 nitrogen and oxygen atoms in total. The summed E-state index contributed by atoms with van der Waals surface area (Å²) in [5.41, 5.74) is 1.80. The standard InChI is InChI=1S/C19H12BrN3O3S/c20-13-5-6-14(17-12(13)2-1-7-21-17)22-19-23-18(26)16(27-19)8-10-3-4-11(24)9-15(10)25/h1-9,24-25H,(H,22,23,26)/b16-8-. The van der Waals surface area contributed by atoms with E-state index >= 15 is 0 Å². The summed E-state index contributed by atoms with van der Waals surface area (Å²) in [7, 11) is 0. The fourth-order valence-corrected chi connectivity index (χ4v) is 3.88. The molecule has 4 rings (SSSR count). The van der Waals surface area contributed by atoms with Crippen molar-refractivity contribution < 1.29 is 15.0 Å². The minimum absolute atomic E-state index is 0.0463. The number of aromatic hydroxyl groups is 2. The zero-order valence-electron chi connectivity index (χ0n) is 13.7. The fourth-order valence-electron chi connectivity index (χ4n) is 2.60. The van der Waals surface area contributed by atoms with Crippen LogP contribution in [0.3, 0.4) is 0 Å². The molecule has 0 atom stereocenters. The molecule has 1 amide bonds. The highest BCUT2D eigenvalue weighted by Gasteiger charge is 2.24. The van der Waals surface area contributed by atoms with Crippen LogP contribution in [0.2, 0.25) is 0 Å². The maximum absolute atomic E-state index is 12.2. The number of halogens is 1. The molecule has 0 unspecified atom stereocenters. The summed E-state index contributed by atoms with van der Waals surface area (Å²) in [5, 5.41) is 23.3. The normalized spacial score (nSPS) is 17.0. The first kappa shape index (κ1) is 17.6. The number of pyridine rings is 1. The van der Waals surface area contributed by atoms with E-state index in [-0.39, 0.29) is 17.4 Å². The smallest absolute Gasteiger partial charge is 0.264 e. The van der Waals surface area contributed by atoms with Crippen molar-refractivity contribution in [2.24, 2.45) is 4.99 Å². The van der Waals surface area contributed by atoms with Crippen LogP contribution in [0.5, 0.6) is 11.5 Å². The number of carbonyl (C=O) groups is 1. The summed E-state index contributed by atoms with van der Waals surface area (Å²) < 4.78 is 0.918. The van der Waals surface area contributed by atoms with Gasteiger partial charge in [0.25, 0.3) is 5.91 Å². The molecule has 0 radical (unpaired) electrons. The number of aromatic nitrogens is 1. The second-order valence-corrected chi connectivity index (χ2v) is 7.58. The van der Waals surface area contributed by atoms with E-state index in [4.69, 9.17) is 0 Å². The molecule has 1 saturated heterocycles. The highest BCUT2D eigenvalue weighted by atomic mass is 79.9. The first-order valence-electron chi connectivity index (χ1n) is 7.86. The largest absolute Gasteiger partial charge is 0.508 e. The number of phenols is 2. The lowest BCUT2D eigenvalue weighted by Crippen LogP contribution is -2.19. The summed E-state index contributed by atoms with van der Waals surface area (Å²) in [6.45, 7) is 0. The van der Waals surface area contributed by atoms with Gasteiger partial charge >= 0.3 is 0 Å². The number of thioether (sulfide) groups is 1. The third-order valence-electron chi connectivity index (χ3n) is 3.87. The van der Waals surface area contributed by atoms with Crippen molar-refractivity contribution in [3.05, 3.63) is 63.6 Å². The van der Waals surface area contributed by atoms with Crippen LogP contribution in [-0.4, -0.2) is 26.3 Å². The predicted octanol–water partition coefficient (Wildman–Crippen LogP) is 4.30. The number of rotatable bonds is 2.